The predicted molar refractivity (Wildman–Crippen MR) is 54.2 cm³/mol. The minimum Gasteiger partial charge on any atom is -0.304 e. The summed E-state index contributed by atoms with van der Waals surface area (Å²) in [5.41, 5.74) is 0.700. The molecule has 0 bridgehead atoms. The average Bonchev–Trinajstić information content (AvgIpc) is 2.66. The largest absolute Gasteiger partial charge is 0.304 e. The number of rotatable bonds is 0. The molecule has 0 atom stereocenters. The van der Waals surface area contributed by atoms with Gasteiger partial charge < -0.3 is 4.57 Å². The number of hydrogen-bond donors (Lipinski definition) is 0. The van der Waals surface area contributed by atoms with E-state index in [1.165, 1.54) is 0 Å². The molecule has 0 fully saturated rings. The zero-order valence-electron chi connectivity index (χ0n) is 7.34. The molecule has 0 saturated heterocycles. The van der Waals surface area contributed by atoms with Gasteiger partial charge in [0.1, 0.15) is 0 Å². The maximum absolute atomic E-state index is 11.5. The topological polar surface area (TPSA) is 47.2 Å². The first-order chi connectivity index (χ1) is 6.86. The second kappa shape index (κ2) is 2.51. The van der Waals surface area contributed by atoms with Gasteiger partial charge in [0, 0.05) is 6.21 Å². The second-order valence-corrected chi connectivity index (χ2v) is 3.16. The molecule has 0 N–H and O–H groups in total. The highest BCUT2D eigenvalue weighted by Gasteiger charge is 2.11. The lowest BCUT2D eigenvalue weighted by atomic mass is 10.2. The molecule has 3 rings (SSSR count). The van der Waals surface area contributed by atoms with E-state index in [0.717, 1.165) is 5.52 Å². The number of aliphatic imine (C=N–C) groups is 1. The molecule has 0 spiro atoms. The van der Waals surface area contributed by atoms with Crippen molar-refractivity contribution in [3.63, 3.8) is 0 Å². The molecule has 0 unspecified atom stereocenters. The number of fused-ring (bicyclic) bond motifs is 3. The maximum Gasteiger partial charge on any atom is 0.282 e. The molecule has 1 aromatic heterocycles. The number of nitrogens with zero attached hydrogens (tertiary/aromatic N) is 3. The molecule has 14 heavy (non-hydrogen) atoms. The summed E-state index contributed by atoms with van der Waals surface area (Å²) in [6.45, 7) is 0.698. The summed E-state index contributed by atoms with van der Waals surface area (Å²) in [5.74, 6) is 0.508. The van der Waals surface area contributed by atoms with Gasteiger partial charge in [0.05, 0.1) is 17.4 Å². The molecule has 1 aromatic carbocycles. The molecule has 0 radical (unpaired) electrons. The van der Waals surface area contributed by atoms with Crippen molar-refractivity contribution in [2.75, 3.05) is 0 Å². The highest BCUT2D eigenvalue weighted by atomic mass is 16.1. The first kappa shape index (κ1) is 7.44. The lowest BCUT2D eigenvalue weighted by Crippen LogP contribution is -2.11. The van der Waals surface area contributed by atoms with Crippen molar-refractivity contribution in [1.29, 1.82) is 0 Å². The van der Waals surface area contributed by atoms with Crippen LogP contribution in [0.2, 0.25) is 0 Å². The van der Waals surface area contributed by atoms with Crippen LogP contribution in [0.1, 0.15) is 0 Å². The Morgan fingerprint density at radius 1 is 1.29 bits per heavy atom. The van der Waals surface area contributed by atoms with E-state index in [1.807, 2.05) is 22.8 Å². The van der Waals surface area contributed by atoms with Crippen molar-refractivity contribution in [2.24, 2.45) is 4.99 Å². The van der Waals surface area contributed by atoms with Crippen LogP contribution in [0.5, 0.6) is 0 Å². The van der Waals surface area contributed by atoms with Gasteiger partial charge >= 0.3 is 0 Å². The van der Waals surface area contributed by atoms with Crippen molar-refractivity contribution in [1.82, 2.24) is 9.55 Å². The Morgan fingerprint density at radius 2 is 2.14 bits per heavy atom. The number of aromatic nitrogens is 2. The van der Waals surface area contributed by atoms with Crippen LogP contribution in [-0.4, -0.2) is 15.8 Å². The Kier molecular flexibility index (Phi) is 1.33. The number of hydrogen-bond acceptors (Lipinski definition) is 3. The Labute approximate surface area is 79.5 Å². The fourth-order valence-corrected chi connectivity index (χ4v) is 1.69. The molecular formula is C10H7N3O. The summed E-state index contributed by atoms with van der Waals surface area (Å²) in [6.07, 6.45) is 1.76. The lowest BCUT2D eigenvalue weighted by Gasteiger charge is -2.05. The van der Waals surface area contributed by atoms with E-state index < -0.39 is 0 Å². The van der Waals surface area contributed by atoms with E-state index in [-0.39, 0.29) is 5.56 Å². The van der Waals surface area contributed by atoms with Crippen LogP contribution in [0.25, 0.3) is 10.9 Å². The highest BCUT2D eigenvalue weighted by molar-refractivity contribution is 5.82. The number of benzene rings is 1. The molecule has 4 heteroatoms. The Morgan fingerprint density at radius 3 is 3.07 bits per heavy atom. The fourth-order valence-electron chi connectivity index (χ4n) is 1.69. The summed E-state index contributed by atoms with van der Waals surface area (Å²) in [5, 5.41) is 0.654. The van der Waals surface area contributed by atoms with E-state index >= 15 is 0 Å². The zero-order chi connectivity index (χ0) is 9.54. The van der Waals surface area contributed by atoms with E-state index in [2.05, 4.69) is 9.98 Å². The minimum atomic E-state index is -0.203. The normalized spacial score (nSPS) is 13.4. The monoisotopic (exact) mass is 185 g/mol. The van der Waals surface area contributed by atoms with Crippen molar-refractivity contribution in [3.05, 3.63) is 34.6 Å². The van der Waals surface area contributed by atoms with Gasteiger partial charge in [-0.3, -0.25) is 4.79 Å². The zero-order valence-corrected chi connectivity index (χ0v) is 7.34. The molecule has 0 amide bonds. The molecule has 1 aliphatic rings. The first-order valence-electron chi connectivity index (χ1n) is 4.38. The summed E-state index contributed by atoms with van der Waals surface area (Å²) >= 11 is 0. The Hall–Kier alpha value is -1.97. The van der Waals surface area contributed by atoms with Crippen molar-refractivity contribution in [3.8, 4) is 0 Å². The SMILES string of the molecule is O=c1nc2n(c3ccccc13)CC=N2. The van der Waals surface area contributed by atoms with Crippen LogP contribution in [0, 0.1) is 0 Å². The van der Waals surface area contributed by atoms with E-state index in [4.69, 9.17) is 0 Å². The Balaban J connectivity index is 2.57. The van der Waals surface area contributed by atoms with Gasteiger partial charge in [-0.25, -0.2) is 4.99 Å². The summed E-state index contributed by atoms with van der Waals surface area (Å²) in [4.78, 5) is 19.5. The maximum atomic E-state index is 11.5. The predicted octanol–water partition coefficient (Wildman–Crippen LogP) is 1.11. The summed E-state index contributed by atoms with van der Waals surface area (Å²) in [6, 6.07) is 7.45. The lowest BCUT2D eigenvalue weighted by molar-refractivity contribution is 0.896. The standard InChI is InChI=1S/C10H7N3O/c14-9-7-3-1-2-4-8(7)13-6-5-11-10(13)12-9/h1-5H,6H2. The average molecular weight is 185 g/mol. The van der Waals surface area contributed by atoms with Gasteiger partial charge in [-0.1, -0.05) is 12.1 Å². The molecule has 0 aliphatic carbocycles. The minimum absolute atomic E-state index is 0.203. The molecule has 2 aromatic rings. The number of para-hydroxylation sites is 1. The van der Waals surface area contributed by atoms with E-state index in [1.54, 1.807) is 12.3 Å². The van der Waals surface area contributed by atoms with Crippen LogP contribution >= 0.6 is 0 Å². The van der Waals surface area contributed by atoms with Crippen LogP contribution in [0.3, 0.4) is 0 Å². The van der Waals surface area contributed by atoms with Crippen LogP contribution in [-0.2, 0) is 6.54 Å². The summed E-state index contributed by atoms with van der Waals surface area (Å²) in [7, 11) is 0. The van der Waals surface area contributed by atoms with Gasteiger partial charge in [0.25, 0.3) is 5.56 Å². The highest BCUT2D eigenvalue weighted by Crippen LogP contribution is 2.18. The molecule has 68 valence electrons. The smallest absolute Gasteiger partial charge is 0.282 e. The molecule has 1 aliphatic heterocycles. The van der Waals surface area contributed by atoms with Crippen molar-refractivity contribution in [2.45, 2.75) is 6.54 Å². The van der Waals surface area contributed by atoms with Gasteiger partial charge in [-0.05, 0) is 12.1 Å². The van der Waals surface area contributed by atoms with Crippen molar-refractivity contribution >= 4 is 23.1 Å². The molecule has 4 nitrogen and oxygen atoms in total. The van der Waals surface area contributed by atoms with Gasteiger partial charge in [0.15, 0.2) is 0 Å². The third kappa shape index (κ3) is 0.849. The molecule has 0 saturated carbocycles. The van der Waals surface area contributed by atoms with E-state index in [9.17, 15) is 4.79 Å². The van der Waals surface area contributed by atoms with Crippen LogP contribution in [0.15, 0.2) is 34.1 Å². The quantitative estimate of drug-likeness (QED) is 0.617. The van der Waals surface area contributed by atoms with Gasteiger partial charge in [-0.15, -0.1) is 0 Å². The second-order valence-electron chi connectivity index (χ2n) is 3.16. The summed E-state index contributed by atoms with van der Waals surface area (Å²) < 4.78 is 1.93. The molecular weight excluding hydrogens is 178 g/mol. The van der Waals surface area contributed by atoms with E-state index in [0.29, 0.717) is 17.9 Å². The van der Waals surface area contributed by atoms with Gasteiger partial charge in [0.2, 0.25) is 5.95 Å². The van der Waals surface area contributed by atoms with Crippen LogP contribution in [0.4, 0.5) is 5.95 Å². The fraction of sp³-hybridized carbons (Fsp3) is 0.100. The van der Waals surface area contributed by atoms with Crippen LogP contribution < -0.4 is 5.56 Å². The van der Waals surface area contributed by atoms with Gasteiger partial charge in [-0.2, -0.15) is 4.98 Å². The third-order valence-electron chi connectivity index (χ3n) is 2.34. The first-order valence-corrected chi connectivity index (χ1v) is 4.38. The molecule has 2 heterocycles. The Bertz CT molecular complexity index is 598. The third-order valence-corrected chi connectivity index (χ3v) is 2.34. The van der Waals surface area contributed by atoms with Crippen molar-refractivity contribution < 1.29 is 0 Å².